The van der Waals surface area contributed by atoms with Crippen molar-refractivity contribution in [3.05, 3.63) is 95.0 Å². The van der Waals surface area contributed by atoms with Crippen molar-refractivity contribution in [3.63, 3.8) is 0 Å². The zero-order valence-corrected chi connectivity index (χ0v) is 27.3. The van der Waals surface area contributed by atoms with Crippen LogP contribution in [0.15, 0.2) is 83.9 Å². The zero-order chi connectivity index (χ0) is 32.6. The minimum atomic E-state index is -0.533. The van der Waals surface area contributed by atoms with Gasteiger partial charge < -0.3 is 28.3 Å². The molecule has 5 aliphatic rings. The molecule has 5 heterocycles. The molecule has 2 amide bonds. The van der Waals surface area contributed by atoms with Gasteiger partial charge in [0.15, 0.2) is 0 Å². The highest BCUT2D eigenvalue weighted by molar-refractivity contribution is 6.55. The number of benzene rings is 2. The Bertz CT molecular complexity index is 1470. The summed E-state index contributed by atoms with van der Waals surface area (Å²) in [6, 6.07) is 19.4. The van der Waals surface area contributed by atoms with E-state index in [1.165, 1.54) is 5.57 Å². The van der Waals surface area contributed by atoms with Crippen molar-refractivity contribution >= 4 is 19.3 Å². The summed E-state index contributed by atoms with van der Waals surface area (Å²) in [7, 11) is -0.481. The number of hydrogen-bond acceptors (Lipinski definition) is 8. The normalized spacial score (nSPS) is 22.8. The van der Waals surface area contributed by atoms with Gasteiger partial charge in [-0.25, -0.2) is 9.59 Å². The van der Waals surface area contributed by atoms with Crippen molar-refractivity contribution in [2.75, 3.05) is 39.5 Å². The van der Waals surface area contributed by atoms with Crippen LogP contribution in [0.4, 0.5) is 9.59 Å². The third-order valence-corrected chi connectivity index (χ3v) is 10.1. The Morgan fingerprint density at radius 3 is 1.57 bits per heavy atom. The molecule has 46 heavy (non-hydrogen) atoms. The number of hydrogen-bond donors (Lipinski definition) is 0. The lowest BCUT2D eigenvalue weighted by Gasteiger charge is -2.46. The van der Waals surface area contributed by atoms with Crippen LogP contribution >= 0.6 is 0 Å². The average Bonchev–Trinajstić information content (AvgIpc) is 3.64. The number of carbonyl (C=O) groups excluding carboxylic acids is 2. The van der Waals surface area contributed by atoms with Crippen LogP contribution in [-0.4, -0.2) is 90.9 Å². The Morgan fingerprint density at radius 1 is 0.696 bits per heavy atom. The average molecular weight is 631 g/mol. The lowest BCUT2D eigenvalue weighted by atomic mass is 9.66. The highest BCUT2D eigenvalue weighted by atomic mass is 16.7. The van der Waals surface area contributed by atoms with Crippen LogP contribution < -0.4 is 0 Å². The molecule has 0 aromatic heterocycles. The number of nitrogens with zero attached hydrogens (tertiary/aromatic N) is 2. The summed E-state index contributed by atoms with van der Waals surface area (Å²) in [5.74, 6) is 0. The third kappa shape index (κ3) is 5.85. The van der Waals surface area contributed by atoms with Crippen LogP contribution in [0.2, 0.25) is 0 Å². The van der Waals surface area contributed by atoms with Crippen molar-refractivity contribution in [1.29, 1.82) is 0 Å². The topological polar surface area (TPSA) is 96.0 Å². The first-order valence-corrected chi connectivity index (χ1v) is 15.8. The molecule has 0 atom stereocenters. The van der Waals surface area contributed by atoms with Gasteiger partial charge in [-0.1, -0.05) is 72.8 Å². The Kier molecular flexibility index (Phi) is 8.80. The molecular formula is C35H43BN2O8. The summed E-state index contributed by atoms with van der Waals surface area (Å²) in [6.07, 6.45) is 3.49. The fourth-order valence-corrected chi connectivity index (χ4v) is 6.19. The summed E-state index contributed by atoms with van der Waals surface area (Å²) in [4.78, 5) is 28.5. The van der Waals surface area contributed by atoms with Gasteiger partial charge >= 0.3 is 19.3 Å². The molecule has 0 saturated carbocycles. The maximum Gasteiger partial charge on any atom is 0.492 e. The molecule has 2 aromatic rings. The van der Waals surface area contributed by atoms with Gasteiger partial charge in [0.25, 0.3) is 0 Å². The Hall–Kier alpha value is -3.64. The van der Waals surface area contributed by atoms with Gasteiger partial charge in [-0.15, -0.1) is 0 Å². The molecular weight excluding hydrogens is 587 g/mol. The fraction of sp³-hybridized carbons (Fsp3) is 0.486. The summed E-state index contributed by atoms with van der Waals surface area (Å²) in [6.45, 7) is 13.8. The first-order valence-electron chi connectivity index (χ1n) is 15.8. The van der Waals surface area contributed by atoms with Crippen LogP contribution in [0.5, 0.6) is 0 Å². The molecule has 0 aliphatic carbocycles. The minimum Gasteiger partial charge on any atom is -0.445 e. The summed E-state index contributed by atoms with van der Waals surface area (Å²) in [5.41, 5.74) is 2.50. The Labute approximate surface area is 271 Å². The Morgan fingerprint density at radius 2 is 1.13 bits per heavy atom. The smallest absolute Gasteiger partial charge is 0.445 e. The van der Waals surface area contributed by atoms with E-state index in [2.05, 4.69) is 6.08 Å². The van der Waals surface area contributed by atoms with Gasteiger partial charge in [0.2, 0.25) is 0 Å². The van der Waals surface area contributed by atoms with Crippen molar-refractivity contribution in [3.8, 4) is 0 Å². The van der Waals surface area contributed by atoms with Crippen LogP contribution in [0.25, 0.3) is 0 Å². The predicted molar refractivity (Wildman–Crippen MR) is 172 cm³/mol. The van der Waals surface area contributed by atoms with Crippen LogP contribution in [-0.2, 0) is 41.5 Å². The van der Waals surface area contributed by atoms with Gasteiger partial charge in [0.1, 0.15) is 24.3 Å². The van der Waals surface area contributed by atoms with Crippen LogP contribution in [0.1, 0.15) is 45.7 Å². The second-order valence-corrected chi connectivity index (χ2v) is 13.5. The molecule has 0 bridgehead atoms. The van der Waals surface area contributed by atoms with Crippen molar-refractivity contribution in [2.45, 2.75) is 70.1 Å². The van der Waals surface area contributed by atoms with E-state index in [4.69, 9.17) is 28.3 Å². The third-order valence-electron chi connectivity index (χ3n) is 10.1. The molecule has 2 aromatic carbocycles. The first kappa shape index (κ1) is 32.3. The maximum atomic E-state index is 12.8. The minimum absolute atomic E-state index is 0.242. The standard InChI is InChI=1S/C20H26BNO5.C15H17NO3/c1-18(2)19(3,4)27-21(26-18)16-10-11-22(20(16)13-24-14-20)17(23)25-12-15-8-6-5-7-9-15;1-12-7-8-16(15(12)10-18-11-15)14(17)19-9-13-5-3-2-4-6-13/h5-10H,11-14H2,1-4H3;2-7H,8-11H2,1H3. The zero-order valence-electron chi connectivity index (χ0n) is 27.3. The van der Waals surface area contributed by atoms with Crippen molar-refractivity contribution < 1.29 is 37.8 Å². The highest BCUT2D eigenvalue weighted by Gasteiger charge is 2.62. The molecule has 10 nitrogen and oxygen atoms in total. The molecule has 7 rings (SSSR count). The summed E-state index contributed by atoms with van der Waals surface area (Å²) in [5, 5.41) is 0. The lowest BCUT2D eigenvalue weighted by Crippen LogP contribution is -2.64. The second kappa shape index (κ2) is 12.5. The van der Waals surface area contributed by atoms with E-state index in [0.717, 1.165) is 16.6 Å². The molecule has 3 fully saturated rings. The van der Waals surface area contributed by atoms with Gasteiger partial charge in [0, 0.05) is 13.1 Å². The van der Waals surface area contributed by atoms with Gasteiger partial charge in [-0.2, -0.15) is 0 Å². The van der Waals surface area contributed by atoms with E-state index in [1.54, 1.807) is 9.80 Å². The maximum absolute atomic E-state index is 12.8. The molecule has 11 heteroatoms. The SMILES string of the molecule is CC1(C)OB(C2=CCN(C(=O)OCc3ccccc3)C23COC3)OC1(C)C.CC1=CCN(C(=O)OCc2ccccc2)C12COC2. The molecule has 5 aliphatic heterocycles. The number of rotatable bonds is 5. The van der Waals surface area contributed by atoms with Crippen LogP contribution in [0, 0.1) is 0 Å². The quantitative estimate of drug-likeness (QED) is 0.324. The predicted octanol–water partition coefficient (Wildman–Crippen LogP) is 5.32. The van der Waals surface area contributed by atoms with E-state index in [0.29, 0.717) is 46.1 Å². The number of amides is 2. The lowest BCUT2D eigenvalue weighted by molar-refractivity contribution is -0.101. The largest absolute Gasteiger partial charge is 0.492 e. The van der Waals surface area contributed by atoms with Crippen molar-refractivity contribution in [1.82, 2.24) is 9.80 Å². The molecule has 2 spiro atoms. The monoisotopic (exact) mass is 630 g/mol. The van der Waals surface area contributed by atoms with E-state index < -0.39 is 23.9 Å². The van der Waals surface area contributed by atoms with E-state index in [9.17, 15) is 9.59 Å². The van der Waals surface area contributed by atoms with Crippen molar-refractivity contribution in [2.24, 2.45) is 0 Å². The second-order valence-electron chi connectivity index (χ2n) is 13.5. The van der Waals surface area contributed by atoms with Gasteiger partial charge in [0.05, 0.1) is 37.6 Å². The molecule has 3 saturated heterocycles. The number of carbonyl (C=O) groups is 2. The van der Waals surface area contributed by atoms with Gasteiger partial charge in [-0.05, 0) is 56.8 Å². The van der Waals surface area contributed by atoms with E-state index >= 15 is 0 Å². The Balaban J connectivity index is 0.000000172. The highest BCUT2D eigenvalue weighted by Crippen LogP contribution is 2.46. The molecule has 0 unspecified atom stereocenters. The van der Waals surface area contributed by atoms with E-state index in [-0.39, 0.29) is 24.3 Å². The summed E-state index contributed by atoms with van der Waals surface area (Å²) < 4.78 is 34.1. The molecule has 244 valence electrons. The molecule has 0 N–H and O–H groups in total. The number of ether oxygens (including phenoxy) is 4. The van der Waals surface area contributed by atoms with Crippen LogP contribution in [0.3, 0.4) is 0 Å². The first-order chi connectivity index (χ1) is 22.0. The van der Waals surface area contributed by atoms with Gasteiger partial charge in [-0.3, -0.25) is 9.80 Å². The fourth-order valence-electron chi connectivity index (χ4n) is 6.19. The molecule has 0 radical (unpaired) electrons. The van der Waals surface area contributed by atoms with E-state index in [1.807, 2.05) is 101 Å². The summed E-state index contributed by atoms with van der Waals surface area (Å²) >= 11 is 0.